The molecule has 0 spiro atoms. The first-order valence-corrected chi connectivity index (χ1v) is 5.18. The number of H-pyrrole nitrogens is 1. The highest BCUT2D eigenvalue weighted by molar-refractivity contribution is 7.71. The monoisotopic (exact) mass is 233 g/mol. The van der Waals surface area contributed by atoms with Crippen LogP contribution in [0.4, 0.5) is 0 Å². The van der Waals surface area contributed by atoms with E-state index in [1.165, 1.54) is 0 Å². The Kier molecular flexibility index (Phi) is 2.96. The highest BCUT2D eigenvalue weighted by Crippen LogP contribution is 2.27. The molecule has 0 aliphatic rings. The summed E-state index contributed by atoms with van der Waals surface area (Å²) < 4.78 is 5.70. The van der Waals surface area contributed by atoms with E-state index in [1.807, 2.05) is 19.1 Å². The highest BCUT2D eigenvalue weighted by Gasteiger charge is 2.09. The molecule has 1 N–H and O–H groups in total. The largest absolute Gasteiger partial charge is 0.494 e. The molecule has 0 amide bonds. The number of aromatic nitrogens is 3. The van der Waals surface area contributed by atoms with E-state index in [0.29, 0.717) is 10.5 Å². The van der Waals surface area contributed by atoms with E-state index in [4.69, 9.17) is 17.0 Å². The molecule has 16 heavy (non-hydrogen) atoms. The van der Waals surface area contributed by atoms with Crippen molar-refractivity contribution in [3.63, 3.8) is 0 Å². The number of nitrogens with one attached hydrogen (secondary N) is 1. The van der Waals surface area contributed by atoms with Crippen LogP contribution >= 0.6 is 12.2 Å². The summed E-state index contributed by atoms with van der Waals surface area (Å²) in [6.07, 6.45) is 3.44. The Morgan fingerprint density at radius 3 is 2.94 bits per heavy atom. The van der Waals surface area contributed by atoms with Gasteiger partial charge in [-0.25, -0.2) is 4.98 Å². The summed E-state index contributed by atoms with van der Waals surface area (Å²) in [5.41, 5.74) is 2.57. The number of rotatable bonds is 2. The molecule has 0 saturated carbocycles. The molecule has 0 atom stereocenters. The fraction of sp³-hybridized carbons (Fsp3) is 0.182. The number of aromatic amines is 1. The van der Waals surface area contributed by atoms with Crippen LogP contribution in [0.2, 0.25) is 0 Å². The van der Waals surface area contributed by atoms with E-state index in [-0.39, 0.29) is 0 Å². The van der Waals surface area contributed by atoms with Crippen molar-refractivity contribution in [3.8, 4) is 17.1 Å². The van der Waals surface area contributed by atoms with Gasteiger partial charge in [-0.1, -0.05) is 0 Å². The zero-order valence-corrected chi connectivity index (χ0v) is 9.84. The van der Waals surface area contributed by atoms with E-state index in [0.717, 1.165) is 17.0 Å². The Morgan fingerprint density at radius 1 is 1.38 bits per heavy atom. The van der Waals surface area contributed by atoms with Crippen LogP contribution in [0.3, 0.4) is 0 Å². The number of nitrogens with zero attached hydrogens (tertiary/aromatic N) is 2. The summed E-state index contributed by atoms with van der Waals surface area (Å²) in [5, 5.41) is 0. The SMILES string of the molecule is COc1cccnc1-c1[nH]c(=S)ncc1C. The third-order valence-electron chi connectivity index (χ3n) is 2.23. The van der Waals surface area contributed by atoms with Crippen molar-refractivity contribution in [1.82, 2.24) is 15.0 Å². The molecule has 2 aromatic rings. The molecular weight excluding hydrogens is 222 g/mol. The van der Waals surface area contributed by atoms with Crippen molar-refractivity contribution in [1.29, 1.82) is 0 Å². The fourth-order valence-corrected chi connectivity index (χ4v) is 1.60. The van der Waals surface area contributed by atoms with Crippen molar-refractivity contribution in [2.75, 3.05) is 7.11 Å². The summed E-state index contributed by atoms with van der Waals surface area (Å²) in [7, 11) is 1.62. The molecule has 2 aromatic heterocycles. The van der Waals surface area contributed by atoms with Crippen molar-refractivity contribution in [2.24, 2.45) is 0 Å². The molecule has 5 heteroatoms. The van der Waals surface area contributed by atoms with E-state index < -0.39 is 0 Å². The van der Waals surface area contributed by atoms with E-state index in [1.54, 1.807) is 19.5 Å². The maximum atomic E-state index is 5.26. The zero-order chi connectivity index (χ0) is 11.5. The maximum Gasteiger partial charge on any atom is 0.197 e. The smallest absolute Gasteiger partial charge is 0.197 e. The molecule has 0 saturated heterocycles. The predicted octanol–water partition coefficient (Wildman–Crippen LogP) is 2.52. The van der Waals surface area contributed by atoms with Gasteiger partial charge < -0.3 is 9.72 Å². The van der Waals surface area contributed by atoms with Crippen LogP contribution in [-0.2, 0) is 0 Å². The Bertz CT molecular complexity index is 565. The molecule has 0 radical (unpaired) electrons. The number of ether oxygens (including phenoxy) is 1. The van der Waals surface area contributed by atoms with Gasteiger partial charge in [0, 0.05) is 12.4 Å². The first-order chi connectivity index (χ1) is 7.72. The van der Waals surface area contributed by atoms with Gasteiger partial charge in [0.1, 0.15) is 11.4 Å². The summed E-state index contributed by atoms with van der Waals surface area (Å²) in [6, 6.07) is 3.69. The number of pyridine rings is 1. The van der Waals surface area contributed by atoms with Gasteiger partial charge in [-0.05, 0) is 36.8 Å². The standard InChI is InChI=1S/C11H11N3OS/c1-7-6-13-11(16)14-9(7)10-8(15-2)4-3-5-12-10/h3-6H,1-2H3,(H,13,14,16). The minimum Gasteiger partial charge on any atom is -0.494 e. The molecule has 82 valence electrons. The molecule has 0 bridgehead atoms. The molecule has 4 nitrogen and oxygen atoms in total. The van der Waals surface area contributed by atoms with Crippen LogP contribution in [0, 0.1) is 11.7 Å². The van der Waals surface area contributed by atoms with Gasteiger partial charge in [-0.2, -0.15) is 0 Å². The van der Waals surface area contributed by atoms with E-state index in [9.17, 15) is 0 Å². The molecule has 0 aromatic carbocycles. The van der Waals surface area contributed by atoms with Gasteiger partial charge in [0.15, 0.2) is 4.77 Å². The molecule has 0 unspecified atom stereocenters. The normalized spacial score (nSPS) is 10.1. The maximum absolute atomic E-state index is 5.26. The van der Waals surface area contributed by atoms with Crippen molar-refractivity contribution in [2.45, 2.75) is 6.92 Å². The molecular formula is C11H11N3OS. The molecule has 0 fully saturated rings. The lowest BCUT2D eigenvalue weighted by Crippen LogP contribution is -1.96. The minimum absolute atomic E-state index is 0.438. The van der Waals surface area contributed by atoms with Crippen LogP contribution < -0.4 is 4.74 Å². The average Bonchev–Trinajstić information content (AvgIpc) is 2.32. The number of hydrogen-bond donors (Lipinski definition) is 1. The van der Waals surface area contributed by atoms with Crippen molar-refractivity contribution in [3.05, 3.63) is 34.9 Å². The van der Waals surface area contributed by atoms with E-state index >= 15 is 0 Å². The second-order valence-corrected chi connectivity index (χ2v) is 3.69. The van der Waals surface area contributed by atoms with Gasteiger partial charge in [0.2, 0.25) is 0 Å². The van der Waals surface area contributed by atoms with Crippen LogP contribution in [-0.4, -0.2) is 22.1 Å². The Balaban J connectivity index is 2.67. The van der Waals surface area contributed by atoms with Crippen LogP contribution in [0.15, 0.2) is 24.5 Å². The zero-order valence-electron chi connectivity index (χ0n) is 9.02. The third-order valence-corrected chi connectivity index (χ3v) is 2.44. The minimum atomic E-state index is 0.438. The van der Waals surface area contributed by atoms with Gasteiger partial charge in [-0.15, -0.1) is 0 Å². The topological polar surface area (TPSA) is 50.8 Å². The fourth-order valence-electron chi connectivity index (χ4n) is 1.45. The Labute approximate surface area is 98.3 Å². The van der Waals surface area contributed by atoms with Gasteiger partial charge >= 0.3 is 0 Å². The highest BCUT2D eigenvalue weighted by atomic mass is 32.1. The molecule has 2 heterocycles. The first-order valence-electron chi connectivity index (χ1n) is 4.77. The molecule has 2 rings (SSSR count). The third kappa shape index (κ3) is 1.94. The molecule has 0 aliphatic heterocycles. The summed E-state index contributed by atoms with van der Waals surface area (Å²) in [4.78, 5) is 11.3. The lowest BCUT2D eigenvalue weighted by molar-refractivity contribution is 0.414. The van der Waals surface area contributed by atoms with Gasteiger partial charge in [-0.3, -0.25) is 4.98 Å². The summed E-state index contributed by atoms with van der Waals surface area (Å²) >= 11 is 5.00. The van der Waals surface area contributed by atoms with Crippen LogP contribution in [0.5, 0.6) is 5.75 Å². The van der Waals surface area contributed by atoms with Gasteiger partial charge in [0.25, 0.3) is 0 Å². The lowest BCUT2D eigenvalue weighted by Gasteiger charge is -2.08. The number of methoxy groups -OCH3 is 1. The predicted molar refractivity (Wildman–Crippen MR) is 63.9 cm³/mol. The second kappa shape index (κ2) is 4.40. The second-order valence-electron chi connectivity index (χ2n) is 3.30. The first kappa shape index (κ1) is 10.8. The number of hydrogen-bond acceptors (Lipinski definition) is 4. The Morgan fingerprint density at radius 2 is 2.19 bits per heavy atom. The van der Waals surface area contributed by atoms with Crippen molar-refractivity contribution >= 4 is 12.2 Å². The Hall–Kier alpha value is -1.75. The lowest BCUT2D eigenvalue weighted by atomic mass is 10.1. The van der Waals surface area contributed by atoms with E-state index in [2.05, 4.69) is 15.0 Å². The van der Waals surface area contributed by atoms with Crippen LogP contribution in [0.25, 0.3) is 11.4 Å². The van der Waals surface area contributed by atoms with Crippen molar-refractivity contribution < 1.29 is 4.74 Å². The van der Waals surface area contributed by atoms with Crippen LogP contribution in [0.1, 0.15) is 5.56 Å². The quantitative estimate of drug-likeness (QED) is 0.810. The van der Waals surface area contributed by atoms with Gasteiger partial charge in [0.05, 0.1) is 12.8 Å². The number of aryl methyl sites for hydroxylation is 1. The summed E-state index contributed by atoms with van der Waals surface area (Å²) in [5.74, 6) is 0.711. The molecule has 0 aliphatic carbocycles. The summed E-state index contributed by atoms with van der Waals surface area (Å²) in [6.45, 7) is 1.95. The average molecular weight is 233 g/mol.